The number of benzene rings is 2. The zero-order valence-corrected chi connectivity index (χ0v) is 15.5. The van der Waals surface area contributed by atoms with Gasteiger partial charge in [-0.25, -0.2) is 4.79 Å². The van der Waals surface area contributed by atoms with Crippen LogP contribution in [0.4, 0.5) is 5.69 Å². The van der Waals surface area contributed by atoms with Crippen LogP contribution in [0.15, 0.2) is 42.5 Å². The number of carbonyl (C=O) groups is 3. The smallest absolute Gasteiger partial charge is 0.338 e. The Balaban J connectivity index is 1.49. The number of esters is 1. The molecule has 0 aromatic heterocycles. The second-order valence-corrected chi connectivity index (χ2v) is 6.24. The fraction of sp³-hybridized carbons (Fsp3) is 0.250. The predicted molar refractivity (Wildman–Crippen MR) is 100 cm³/mol. The van der Waals surface area contributed by atoms with Gasteiger partial charge in [0.15, 0.2) is 18.1 Å². The third-order valence-electron chi connectivity index (χ3n) is 4.05. The van der Waals surface area contributed by atoms with Crippen LogP contribution in [-0.4, -0.2) is 31.2 Å². The number of fused-ring (bicyclic) bond motifs is 1. The number of amides is 2. The van der Waals surface area contributed by atoms with E-state index in [2.05, 4.69) is 10.6 Å². The summed E-state index contributed by atoms with van der Waals surface area (Å²) in [5, 5.41) is 5.37. The van der Waals surface area contributed by atoms with Crippen molar-refractivity contribution in [2.75, 3.05) is 18.7 Å². The minimum Gasteiger partial charge on any atom is -0.454 e. The number of nitrogens with one attached hydrogen (secondary N) is 2. The fourth-order valence-corrected chi connectivity index (χ4v) is 2.66. The van der Waals surface area contributed by atoms with Crippen molar-refractivity contribution in [3.63, 3.8) is 0 Å². The van der Waals surface area contributed by atoms with Crippen LogP contribution in [0, 0.1) is 0 Å². The first-order valence-corrected chi connectivity index (χ1v) is 8.66. The normalized spacial score (nSPS) is 12.8. The van der Waals surface area contributed by atoms with Crippen LogP contribution in [0.25, 0.3) is 0 Å². The fourth-order valence-electron chi connectivity index (χ4n) is 2.66. The highest BCUT2D eigenvalue weighted by atomic mass is 16.7. The SMILES string of the molecule is CC(=O)Nc1ccc(C(=O)OCC(=O)N[C@@H](C)c2ccc3c(c2)OCO3)cc1. The lowest BCUT2D eigenvalue weighted by atomic mass is 10.1. The predicted octanol–water partition coefficient (Wildman–Crippen LogP) is 2.41. The van der Waals surface area contributed by atoms with Crippen LogP contribution in [0.1, 0.15) is 35.8 Å². The molecular weight excluding hydrogens is 364 g/mol. The molecule has 3 rings (SSSR count). The van der Waals surface area contributed by atoms with Gasteiger partial charge in [-0.1, -0.05) is 6.07 Å². The summed E-state index contributed by atoms with van der Waals surface area (Å²) >= 11 is 0. The molecule has 8 nitrogen and oxygen atoms in total. The van der Waals surface area contributed by atoms with Crippen molar-refractivity contribution in [2.45, 2.75) is 19.9 Å². The molecule has 1 heterocycles. The second kappa shape index (κ2) is 8.43. The number of hydrogen-bond acceptors (Lipinski definition) is 6. The lowest BCUT2D eigenvalue weighted by molar-refractivity contribution is -0.124. The number of anilines is 1. The van der Waals surface area contributed by atoms with Crippen molar-refractivity contribution in [3.05, 3.63) is 53.6 Å². The van der Waals surface area contributed by atoms with E-state index in [1.807, 2.05) is 13.0 Å². The first kappa shape index (κ1) is 19.2. The van der Waals surface area contributed by atoms with Crippen molar-refractivity contribution >= 4 is 23.5 Å². The summed E-state index contributed by atoms with van der Waals surface area (Å²) in [6, 6.07) is 11.3. The van der Waals surface area contributed by atoms with Gasteiger partial charge in [0.05, 0.1) is 11.6 Å². The first-order valence-electron chi connectivity index (χ1n) is 8.66. The molecule has 1 atom stereocenters. The van der Waals surface area contributed by atoms with Crippen LogP contribution >= 0.6 is 0 Å². The first-order chi connectivity index (χ1) is 13.4. The zero-order valence-electron chi connectivity index (χ0n) is 15.5. The Morgan fingerprint density at radius 1 is 1.07 bits per heavy atom. The van der Waals surface area contributed by atoms with Gasteiger partial charge in [-0.3, -0.25) is 9.59 Å². The molecule has 28 heavy (non-hydrogen) atoms. The van der Waals surface area contributed by atoms with Gasteiger partial charge >= 0.3 is 5.97 Å². The summed E-state index contributed by atoms with van der Waals surface area (Å²) in [5.41, 5.74) is 1.70. The quantitative estimate of drug-likeness (QED) is 0.742. The van der Waals surface area contributed by atoms with E-state index in [1.54, 1.807) is 24.3 Å². The highest BCUT2D eigenvalue weighted by molar-refractivity contribution is 5.93. The molecule has 0 radical (unpaired) electrons. The average Bonchev–Trinajstić information content (AvgIpc) is 3.14. The van der Waals surface area contributed by atoms with Gasteiger partial charge in [0.1, 0.15) is 0 Å². The summed E-state index contributed by atoms with van der Waals surface area (Å²) in [4.78, 5) is 35.1. The van der Waals surface area contributed by atoms with Crippen LogP contribution in [0.2, 0.25) is 0 Å². The molecule has 2 aromatic rings. The summed E-state index contributed by atoms with van der Waals surface area (Å²) < 4.78 is 15.6. The molecule has 0 fully saturated rings. The van der Waals surface area contributed by atoms with Crippen molar-refractivity contribution in [1.82, 2.24) is 5.32 Å². The van der Waals surface area contributed by atoms with Crippen molar-refractivity contribution in [1.29, 1.82) is 0 Å². The Bertz CT molecular complexity index is 894. The minimum absolute atomic E-state index is 0.182. The summed E-state index contributed by atoms with van der Waals surface area (Å²) in [6.45, 7) is 2.99. The van der Waals surface area contributed by atoms with Crippen molar-refractivity contribution < 1.29 is 28.6 Å². The topological polar surface area (TPSA) is 103 Å². The third-order valence-corrected chi connectivity index (χ3v) is 4.05. The molecule has 2 aromatic carbocycles. The maximum Gasteiger partial charge on any atom is 0.338 e. The van der Waals surface area contributed by atoms with E-state index in [1.165, 1.54) is 19.1 Å². The van der Waals surface area contributed by atoms with E-state index in [-0.39, 0.29) is 24.3 Å². The van der Waals surface area contributed by atoms with Crippen molar-refractivity contribution in [3.8, 4) is 11.5 Å². The van der Waals surface area contributed by atoms with Gasteiger partial charge in [-0.2, -0.15) is 0 Å². The molecule has 2 N–H and O–H groups in total. The van der Waals surface area contributed by atoms with Crippen LogP contribution < -0.4 is 20.1 Å². The van der Waals surface area contributed by atoms with Crippen LogP contribution in [0.3, 0.4) is 0 Å². The Morgan fingerprint density at radius 2 is 1.79 bits per heavy atom. The highest BCUT2D eigenvalue weighted by Crippen LogP contribution is 2.34. The summed E-state index contributed by atoms with van der Waals surface area (Å²) in [5.74, 6) is 0.0469. The molecule has 1 aliphatic heterocycles. The van der Waals surface area contributed by atoms with Crippen molar-refractivity contribution in [2.24, 2.45) is 0 Å². The lowest BCUT2D eigenvalue weighted by Gasteiger charge is -2.15. The van der Waals surface area contributed by atoms with E-state index in [0.717, 1.165) is 5.56 Å². The molecule has 0 spiro atoms. The molecule has 2 amide bonds. The van der Waals surface area contributed by atoms with E-state index < -0.39 is 18.5 Å². The molecule has 0 unspecified atom stereocenters. The molecule has 146 valence electrons. The second-order valence-electron chi connectivity index (χ2n) is 6.24. The number of hydrogen-bond donors (Lipinski definition) is 2. The minimum atomic E-state index is -0.625. The zero-order chi connectivity index (χ0) is 20.1. The molecule has 0 saturated carbocycles. The van der Waals surface area contributed by atoms with E-state index in [0.29, 0.717) is 17.2 Å². The molecule has 0 bridgehead atoms. The molecule has 1 aliphatic rings. The monoisotopic (exact) mass is 384 g/mol. The number of carbonyl (C=O) groups excluding carboxylic acids is 3. The Hall–Kier alpha value is -3.55. The summed E-state index contributed by atoms with van der Waals surface area (Å²) in [7, 11) is 0. The largest absolute Gasteiger partial charge is 0.454 e. The third kappa shape index (κ3) is 4.79. The maximum atomic E-state index is 12.1. The maximum absolute atomic E-state index is 12.1. The Labute approximate surface area is 161 Å². The molecule has 8 heteroatoms. The molecular formula is C20H20N2O6. The van der Waals surface area contributed by atoms with Gasteiger partial charge in [0.25, 0.3) is 5.91 Å². The van der Waals surface area contributed by atoms with Gasteiger partial charge in [0, 0.05) is 12.6 Å². The van der Waals surface area contributed by atoms with Crippen LogP contribution in [-0.2, 0) is 14.3 Å². The number of rotatable bonds is 6. The van der Waals surface area contributed by atoms with E-state index in [9.17, 15) is 14.4 Å². The molecule has 0 saturated heterocycles. The Morgan fingerprint density at radius 3 is 2.50 bits per heavy atom. The standard InChI is InChI=1S/C20H20N2O6/c1-12(15-5-8-17-18(9-15)28-11-27-17)21-19(24)10-26-20(25)14-3-6-16(7-4-14)22-13(2)23/h3-9,12H,10-11H2,1-2H3,(H,21,24)(H,22,23)/t12-/m0/s1. The highest BCUT2D eigenvalue weighted by Gasteiger charge is 2.17. The van der Waals surface area contributed by atoms with Gasteiger partial charge < -0.3 is 24.8 Å². The summed E-state index contributed by atoms with van der Waals surface area (Å²) in [6.07, 6.45) is 0. The Kier molecular flexibility index (Phi) is 5.78. The lowest BCUT2D eigenvalue weighted by Crippen LogP contribution is -2.31. The average molecular weight is 384 g/mol. The van der Waals surface area contributed by atoms with Gasteiger partial charge in [0.2, 0.25) is 12.7 Å². The van der Waals surface area contributed by atoms with E-state index >= 15 is 0 Å². The van der Waals surface area contributed by atoms with Gasteiger partial charge in [-0.15, -0.1) is 0 Å². The van der Waals surface area contributed by atoms with Gasteiger partial charge in [-0.05, 0) is 48.9 Å². The van der Waals surface area contributed by atoms with E-state index in [4.69, 9.17) is 14.2 Å². The van der Waals surface area contributed by atoms with Crippen LogP contribution in [0.5, 0.6) is 11.5 Å². The molecule has 0 aliphatic carbocycles. The number of ether oxygens (including phenoxy) is 3.